The van der Waals surface area contributed by atoms with Crippen molar-refractivity contribution in [1.29, 1.82) is 0 Å². The van der Waals surface area contributed by atoms with Crippen molar-refractivity contribution in [2.75, 3.05) is 0 Å². The molecule has 5 nitrogen and oxygen atoms in total. The Morgan fingerprint density at radius 1 is 0.700 bits per heavy atom. The van der Waals surface area contributed by atoms with Crippen molar-refractivity contribution in [2.24, 2.45) is 0 Å². The Hall–Kier alpha value is -2.95. The molecule has 0 bridgehead atoms. The van der Waals surface area contributed by atoms with Crippen molar-refractivity contribution in [2.45, 2.75) is 0 Å². The lowest BCUT2D eigenvalue weighted by Gasteiger charge is -2.09. The van der Waals surface area contributed by atoms with E-state index in [4.69, 9.17) is 10.2 Å². The molecule has 0 aromatic heterocycles. The minimum absolute atomic E-state index is 0.0122. The standard InChI is InChI=1S/C15H10O5/c16-13(15(19)20)11-7-3-1-5-9(11)10-6-2-4-8-12(10)14(17)18/h1-8H,(H,17,18)(H,19,20). The van der Waals surface area contributed by atoms with E-state index in [0.717, 1.165) is 0 Å². The second-order valence-corrected chi connectivity index (χ2v) is 4.03. The number of hydrogen-bond acceptors (Lipinski definition) is 3. The molecule has 0 atom stereocenters. The largest absolute Gasteiger partial charge is 0.478 e. The molecular weight excluding hydrogens is 260 g/mol. The van der Waals surface area contributed by atoms with Gasteiger partial charge in [-0.25, -0.2) is 9.59 Å². The summed E-state index contributed by atoms with van der Waals surface area (Å²) >= 11 is 0. The number of hydrogen-bond donors (Lipinski definition) is 2. The van der Waals surface area contributed by atoms with Gasteiger partial charge in [-0.2, -0.15) is 0 Å². The molecule has 0 unspecified atom stereocenters. The van der Waals surface area contributed by atoms with Gasteiger partial charge in [0.1, 0.15) is 0 Å². The molecule has 0 saturated heterocycles. The monoisotopic (exact) mass is 270 g/mol. The summed E-state index contributed by atoms with van der Waals surface area (Å²) in [6, 6.07) is 12.2. The van der Waals surface area contributed by atoms with Gasteiger partial charge in [-0.05, 0) is 17.2 Å². The zero-order valence-corrected chi connectivity index (χ0v) is 10.2. The molecule has 0 aliphatic carbocycles. The van der Waals surface area contributed by atoms with Crippen LogP contribution in [0.1, 0.15) is 20.7 Å². The summed E-state index contributed by atoms with van der Waals surface area (Å²) in [4.78, 5) is 33.7. The van der Waals surface area contributed by atoms with E-state index in [2.05, 4.69) is 0 Å². The minimum Gasteiger partial charge on any atom is -0.478 e. The molecule has 0 amide bonds. The Bertz CT molecular complexity index is 703. The second kappa shape index (κ2) is 5.36. The van der Waals surface area contributed by atoms with Gasteiger partial charge >= 0.3 is 11.9 Å². The van der Waals surface area contributed by atoms with Crippen LogP contribution >= 0.6 is 0 Å². The van der Waals surface area contributed by atoms with Crippen LogP contribution in [-0.4, -0.2) is 27.9 Å². The molecule has 5 heteroatoms. The first-order chi connectivity index (χ1) is 9.52. The van der Waals surface area contributed by atoms with Crippen molar-refractivity contribution >= 4 is 17.7 Å². The average molecular weight is 270 g/mol. The van der Waals surface area contributed by atoms with E-state index in [9.17, 15) is 14.4 Å². The van der Waals surface area contributed by atoms with Crippen LogP contribution in [0.5, 0.6) is 0 Å². The molecular formula is C15H10O5. The fourth-order valence-electron chi connectivity index (χ4n) is 1.94. The van der Waals surface area contributed by atoms with Crippen molar-refractivity contribution in [3.63, 3.8) is 0 Å². The zero-order chi connectivity index (χ0) is 14.7. The topological polar surface area (TPSA) is 91.7 Å². The van der Waals surface area contributed by atoms with Gasteiger partial charge in [-0.1, -0.05) is 42.5 Å². The van der Waals surface area contributed by atoms with Gasteiger partial charge in [0.15, 0.2) is 0 Å². The molecule has 0 aliphatic heterocycles. The first-order valence-electron chi connectivity index (χ1n) is 5.71. The fraction of sp³-hybridized carbons (Fsp3) is 0. The summed E-state index contributed by atoms with van der Waals surface area (Å²) in [5.74, 6) is -3.79. The number of aromatic carboxylic acids is 1. The quantitative estimate of drug-likeness (QED) is 0.657. The highest BCUT2D eigenvalue weighted by Gasteiger charge is 2.21. The summed E-state index contributed by atoms with van der Waals surface area (Å²) in [5.41, 5.74) is 0.579. The Kier molecular flexibility index (Phi) is 3.61. The number of Topliss-reactive ketones (excluding diaryl/α,β-unsaturated/α-hetero) is 1. The number of carbonyl (C=O) groups is 3. The third-order valence-corrected chi connectivity index (χ3v) is 2.81. The van der Waals surface area contributed by atoms with Crippen LogP contribution in [0.3, 0.4) is 0 Å². The molecule has 0 radical (unpaired) electrons. The number of carbonyl (C=O) groups excluding carboxylic acids is 1. The molecule has 100 valence electrons. The van der Waals surface area contributed by atoms with Crippen molar-refractivity contribution < 1.29 is 24.6 Å². The van der Waals surface area contributed by atoms with Gasteiger partial charge < -0.3 is 10.2 Å². The predicted molar refractivity (Wildman–Crippen MR) is 70.8 cm³/mol. The lowest BCUT2D eigenvalue weighted by Crippen LogP contribution is -2.14. The van der Waals surface area contributed by atoms with E-state index in [1.165, 1.54) is 30.3 Å². The summed E-state index contributed by atoms with van der Waals surface area (Å²) < 4.78 is 0. The average Bonchev–Trinajstić information content (AvgIpc) is 2.46. The van der Waals surface area contributed by atoms with E-state index in [1.807, 2.05) is 0 Å². The molecule has 20 heavy (non-hydrogen) atoms. The minimum atomic E-state index is -1.58. The fourth-order valence-corrected chi connectivity index (χ4v) is 1.94. The van der Waals surface area contributed by atoms with Gasteiger partial charge in [-0.15, -0.1) is 0 Å². The maximum absolute atomic E-state index is 11.7. The third kappa shape index (κ3) is 2.42. The lowest BCUT2D eigenvalue weighted by atomic mass is 9.93. The van der Waals surface area contributed by atoms with Crippen LogP contribution in [-0.2, 0) is 4.79 Å². The van der Waals surface area contributed by atoms with E-state index in [-0.39, 0.29) is 16.7 Å². The van der Waals surface area contributed by atoms with E-state index >= 15 is 0 Å². The molecule has 0 fully saturated rings. The van der Waals surface area contributed by atoms with Crippen molar-refractivity contribution in [3.8, 4) is 11.1 Å². The van der Waals surface area contributed by atoms with Crippen LogP contribution in [0.2, 0.25) is 0 Å². The summed E-state index contributed by atoms with van der Waals surface area (Å²) in [6.45, 7) is 0. The lowest BCUT2D eigenvalue weighted by molar-refractivity contribution is -0.131. The molecule has 2 N–H and O–H groups in total. The van der Waals surface area contributed by atoms with E-state index < -0.39 is 17.7 Å². The highest BCUT2D eigenvalue weighted by atomic mass is 16.4. The van der Waals surface area contributed by atoms with Crippen LogP contribution < -0.4 is 0 Å². The maximum atomic E-state index is 11.7. The number of carboxylic acids is 2. The van der Waals surface area contributed by atoms with E-state index in [1.54, 1.807) is 18.2 Å². The third-order valence-electron chi connectivity index (χ3n) is 2.81. The summed E-state index contributed by atoms with van der Waals surface area (Å²) in [5, 5.41) is 18.0. The number of carboxylic acid groups (broad SMARTS) is 2. The highest BCUT2D eigenvalue weighted by molar-refractivity contribution is 6.41. The SMILES string of the molecule is O=C(O)C(=O)c1ccccc1-c1ccccc1C(=O)O. The number of aliphatic carboxylic acids is 1. The van der Waals surface area contributed by atoms with Crippen LogP contribution in [0.4, 0.5) is 0 Å². The van der Waals surface area contributed by atoms with Crippen LogP contribution in [0, 0.1) is 0 Å². The zero-order valence-electron chi connectivity index (χ0n) is 10.2. The first kappa shape index (κ1) is 13.5. The molecule has 2 aromatic rings. The molecule has 2 aromatic carbocycles. The second-order valence-electron chi connectivity index (χ2n) is 4.03. The van der Waals surface area contributed by atoms with Crippen LogP contribution in [0.15, 0.2) is 48.5 Å². The van der Waals surface area contributed by atoms with Gasteiger partial charge in [0.05, 0.1) is 5.56 Å². The number of rotatable bonds is 4. The Morgan fingerprint density at radius 3 is 1.65 bits per heavy atom. The van der Waals surface area contributed by atoms with E-state index in [0.29, 0.717) is 5.56 Å². The van der Waals surface area contributed by atoms with Gasteiger partial charge in [0.2, 0.25) is 0 Å². The Balaban J connectivity index is 2.68. The highest BCUT2D eigenvalue weighted by Crippen LogP contribution is 2.27. The van der Waals surface area contributed by atoms with Gasteiger partial charge in [0, 0.05) is 5.56 Å². The van der Waals surface area contributed by atoms with Gasteiger partial charge in [-0.3, -0.25) is 4.79 Å². The molecule has 0 aliphatic rings. The molecule has 0 saturated carbocycles. The maximum Gasteiger partial charge on any atom is 0.377 e. The van der Waals surface area contributed by atoms with Crippen molar-refractivity contribution in [3.05, 3.63) is 59.7 Å². The number of ketones is 1. The first-order valence-corrected chi connectivity index (χ1v) is 5.71. The Labute approximate surface area is 114 Å². The molecule has 0 spiro atoms. The Morgan fingerprint density at radius 2 is 1.15 bits per heavy atom. The van der Waals surface area contributed by atoms with Crippen LogP contribution in [0.25, 0.3) is 11.1 Å². The van der Waals surface area contributed by atoms with Gasteiger partial charge in [0.25, 0.3) is 5.78 Å². The molecule has 2 rings (SSSR count). The summed E-state index contributed by atoms with van der Waals surface area (Å²) in [6.07, 6.45) is 0. The summed E-state index contributed by atoms with van der Waals surface area (Å²) in [7, 11) is 0. The molecule has 0 heterocycles. The smallest absolute Gasteiger partial charge is 0.377 e. The van der Waals surface area contributed by atoms with Crippen molar-refractivity contribution in [1.82, 2.24) is 0 Å². The number of benzene rings is 2. The normalized spacial score (nSPS) is 10.0. The predicted octanol–water partition coefficient (Wildman–Crippen LogP) is 2.32.